The molecular formula is C19H17N3O3. The molecule has 0 aliphatic heterocycles. The molecule has 2 aromatic carbocycles. The van der Waals surface area contributed by atoms with Gasteiger partial charge in [0.1, 0.15) is 0 Å². The zero-order valence-corrected chi connectivity index (χ0v) is 13.4. The van der Waals surface area contributed by atoms with E-state index in [4.69, 9.17) is 4.42 Å². The lowest BCUT2D eigenvalue weighted by Gasteiger charge is -2.06. The number of nitrogens with zero attached hydrogens (tertiary/aromatic N) is 1. The highest BCUT2D eigenvalue weighted by Crippen LogP contribution is 2.20. The summed E-state index contributed by atoms with van der Waals surface area (Å²) in [7, 11) is 0. The summed E-state index contributed by atoms with van der Waals surface area (Å²) in [5.74, 6) is 0.456. The molecule has 6 heteroatoms. The summed E-state index contributed by atoms with van der Waals surface area (Å²) in [6.45, 7) is 0. The number of nitrogens with one attached hydrogen (secondary N) is 2. The molecule has 126 valence electrons. The monoisotopic (exact) mass is 335 g/mol. The molecule has 3 aromatic rings. The number of benzene rings is 2. The van der Waals surface area contributed by atoms with Crippen LogP contribution in [0, 0.1) is 0 Å². The highest BCUT2D eigenvalue weighted by Gasteiger charge is 2.10. The van der Waals surface area contributed by atoms with Gasteiger partial charge in [0.15, 0.2) is 11.7 Å². The predicted molar refractivity (Wildman–Crippen MR) is 92.3 cm³/mol. The van der Waals surface area contributed by atoms with E-state index in [1.54, 1.807) is 30.5 Å². The number of aromatic nitrogens is 1. The molecule has 3 rings (SSSR count). The Balaban J connectivity index is 1.47. The Hall–Kier alpha value is -3.41. The van der Waals surface area contributed by atoms with E-state index < -0.39 is 0 Å². The molecule has 0 saturated carbocycles. The van der Waals surface area contributed by atoms with Crippen molar-refractivity contribution >= 4 is 11.8 Å². The highest BCUT2D eigenvalue weighted by atomic mass is 16.4. The van der Waals surface area contributed by atoms with Gasteiger partial charge in [0.25, 0.3) is 5.91 Å². The zero-order valence-electron chi connectivity index (χ0n) is 13.4. The van der Waals surface area contributed by atoms with Gasteiger partial charge in [-0.2, -0.15) is 0 Å². The molecule has 2 N–H and O–H groups in total. The van der Waals surface area contributed by atoms with Crippen LogP contribution in [-0.4, -0.2) is 16.8 Å². The second-order valence-electron chi connectivity index (χ2n) is 5.35. The number of hydrogen-bond donors (Lipinski definition) is 2. The van der Waals surface area contributed by atoms with Gasteiger partial charge in [-0.15, -0.1) is 0 Å². The largest absolute Gasteiger partial charge is 0.441 e. The van der Waals surface area contributed by atoms with Crippen LogP contribution in [0.2, 0.25) is 0 Å². The Morgan fingerprint density at radius 1 is 0.920 bits per heavy atom. The minimum Gasteiger partial charge on any atom is -0.441 e. The number of carbonyl (C=O) groups is 2. The smallest absolute Gasteiger partial charge is 0.269 e. The number of amides is 2. The van der Waals surface area contributed by atoms with Gasteiger partial charge in [-0.3, -0.25) is 20.4 Å². The van der Waals surface area contributed by atoms with Crippen molar-refractivity contribution in [2.45, 2.75) is 12.8 Å². The van der Waals surface area contributed by atoms with E-state index in [-0.39, 0.29) is 18.2 Å². The second-order valence-corrected chi connectivity index (χ2v) is 5.35. The third kappa shape index (κ3) is 4.54. The fourth-order valence-electron chi connectivity index (χ4n) is 2.23. The fraction of sp³-hybridized carbons (Fsp3) is 0.105. The molecular weight excluding hydrogens is 318 g/mol. The van der Waals surface area contributed by atoms with Crippen LogP contribution >= 0.6 is 0 Å². The van der Waals surface area contributed by atoms with Crippen molar-refractivity contribution in [3.8, 4) is 11.3 Å². The SMILES string of the molecule is O=C(CCc1ncc(-c2ccccc2)o1)NNC(=O)c1ccccc1. The Morgan fingerprint density at radius 2 is 1.60 bits per heavy atom. The fourth-order valence-corrected chi connectivity index (χ4v) is 2.23. The maximum Gasteiger partial charge on any atom is 0.269 e. The first-order chi connectivity index (χ1) is 12.2. The molecule has 0 aliphatic carbocycles. The Bertz CT molecular complexity index is 845. The lowest BCUT2D eigenvalue weighted by molar-refractivity contribution is -0.121. The first kappa shape index (κ1) is 16.4. The molecule has 0 bridgehead atoms. The van der Waals surface area contributed by atoms with Crippen molar-refractivity contribution in [3.63, 3.8) is 0 Å². The van der Waals surface area contributed by atoms with Gasteiger partial charge in [-0.1, -0.05) is 48.5 Å². The van der Waals surface area contributed by atoms with Gasteiger partial charge >= 0.3 is 0 Å². The Labute approximate surface area is 144 Å². The topological polar surface area (TPSA) is 84.2 Å². The van der Waals surface area contributed by atoms with Gasteiger partial charge in [0, 0.05) is 24.0 Å². The summed E-state index contributed by atoms with van der Waals surface area (Å²) in [5.41, 5.74) is 6.16. The maximum atomic E-state index is 11.8. The second kappa shape index (κ2) is 7.92. The molecule has 0 atom stereocenters. The number of oxazole rings is 1. The van der Waals surface area contributed by atoms with E-state index in [1.165, 1.54) is 0 Å². The summed E-state index contributed by atoms with van der Waals surface area (Å²) in [6, 6.07) is 18.3. The van der Waals surface area contributed by atoms with Gasteiger partial charge < -0.3 is 4.42 Å². The summed E-state index contributed by atoms with van der Waals surface area (Å²) in [6.07, 6.45) is 2.14. The molecule has 1 aromatic heterocycles. The summed E-state index contributed by atoms with van der Waals surface area (Å²) >= 11 is 0. The van der Waals surface area contributed by atoms with E-state index in [2.05, 4.69) is 15.8 Å². The number of carbonyl (C=O) groups excluding carboxylic acids is 2. The normalized spacial score (nSPS) is 10.2. The molecule has 0 aliphatic rings. The van der Waals surface area contributed by atoms with Crippen LogP contribution in [0.15, 0.2) is 71.3 Å². The van der Waals surface area contributed by atoms with Crippen LogP contribution in [0.3, 0.4) is 0 Å². The molecule has 0 unspecified atom stereocenters. The lowest BCUT2D eigenvalue weighted by atomic mass is 10.2. The summed E-state index contributed by atoms with van der Waals surface area (Å²) in [5, 5.41) is 0. The minimum atomic E-state index is -0.364. The van der Waals surface area contributed by atoms with Crippen molar-refractivity contribution < 1.29 is 14.0 Å². The first-order valence-electron chi connectivity index (χ1n) is 7.87. The Kier molecular flexibility index (Phi) is 5.21. The van der Waals surface area contributed by atoms with Crippen LogP contribution in [-0.2, 0) is 11.2 Å². The zero-order chi connectivity index (χ0) is 17.5. The van der Waals surface area contributed by atoms with Gasteiger partial charge in [-0.05, 0) is 12.1 Å². The van der Waals surface area contributed by atoms with Crippen molar-refractivity contribution in [1.29, 1.82) is 0 Å². The third-order valence-electron chi connectivity index (χ3n) is 3.53. The van der Waals surface area contributed by atoms with Crippen LogP contribution < -0.4 is 10.9 Å². The number of hydrogen-bond acceptors (Lipinski definition) is 4. The van der Waals surface area contributed by atoms with Crippen LogP contribution in [0.5, 0.6) is 0 Å². The molecule has 6 nitrogen and oxygen atoms in total. The van der Waals surface area contributed by atoms with E-state index in [1.807, 2.05) is 36.4 Å². The third-order valence-corrected chi connectivity index (χ3v) is 3.53. The molecule has 25 heavy (non-hydrogen) atoms. The summed E-state index contributed by atoms with van der Waals surface area (Å²) in [4.78, 5) is 27.8. The van der Waals surface area contributed by atoms with Crippen molar-refractivity contribution in [2.75, 3.05) is 0 Å². The summed E-state index contributed by atoms with van der Waals surface area (Å²) < 4.78 is 5.64. The van der Waals surface area contributed by atoms with Crippen molar-refractivity contribution in [3.05, 3.63) is 78.3 Å². The van der Waals surface area contributed by atoms with Crippen molar-refractivity contribution in [1.82, 2.24) is 15.8 Å². The molecule has 2 amide bonds. The molecule has 0 saturated heterocycles. The quantitative estimate of drug-likeness (QED) is 0.702. The highest BCUT2D eigenvalue weighted by molar-refractivity contribution is 5.95. The molecule has 0 fully saturated rings. The molecule has 1 heterocycles. The van der Waals surface area contributed by atoms with E-state index in [0.717, 1.165) is 5.56 Å². The average Bonchev–Trinajstić information content (AvgIpc) is 3.15. The lowest BCUT2D eigenvalue weighted by Crippen LogP contribution is -2.41. The first-order valence-corrected chi connectivity index (χ1v) is 7.87. The predicted octanol–water partition coefficient (Wildman–Crippen LogP) is 2.74. The standard InChI is InChI=1S/C19H17N3O3/c23-17(21-22-19(24)15-9-5-2-6-10-15)11-12-18-20-13-16(25-18)14-7-3-1-4-8-14/h1-10,13H,11-12H2,(H,21,23)(H,22,24). The number of hydrazine groups is 1. The van der Waals surface area contributed by atoms with Gasteiger partial charge in [0.2, 0.25) is 5.91 Å². The van der Waals surface area contributed by atoms with Crippen LogP contribution in [0.4, 0.5) is 0 Å². The van der Waals surface area contributed by atoms with Crippen molar-refractivity contribution in [2.24, 2.45) is 0 Å². The van der Waals surface area contributed by atoms with Gasteiger partial charge in [0.05, 0.1) is 6.20 Å². The maximum absolute atomic E-state index is 11.8. The van der Waals surface area contributed by atoms with Gasteiger partial charge in [-0.25, -0.2) is 4.98 Å². The van der Waals surface area contributed by atoms with Crippen LogP contribution in [0.25, 0.3) is 11.3 Å². The number of rotatable bonds is 5. The van der Waals surface area contributed by atoms with E-state index >= 15 is 0 Å². The average molecular weight is 335 g/mol. The number of aryl methyl sites for hydroxylation is 1. The van der Waals surface area contributed by atoms with E-state index in [9.17, 15) is 9.59 Å². The minimum absolute atomic E-state index is 0.157. The van der Waals surface area contributed by atoms with E-state index in [0.29, 0.717) is 23.6 Å². The molecule has 0 radical (unpaired) electrons. The Morgan fingerprint density at radius 3 is 2.32 bits per heavy atom. The molecule has 0 spiro atoms. The van der Waals surface area contributed by atoms with Crippen LogP contribution in [0.1, 0.15) is 22.7 Å².